The van der Waals surface area contributed by atoms with Gasteiger partial charge in [-0.25, -0.2) is 12.7 Å². The van der Waals surface area contributed by atoms with E-state index in [0.29, 0.717) is 18.5 Å². The number of hydrogen-bond acceptors (Lipinski definition) is 4. The third-order valence-corrected chi connectivity index (χ3v) is 4.66. The second-order valence-corrected chi connectivity index (χ2v) is 6.90. The maximum atomic E-state index is 11.9. The molecule has 0 atom stereocenters. The Kier molecular flexibility index (Phi) is 6.12. The van der Waals surface area contributed by atoms with Gasteiger partial charge in [0.2, 0.25) is 10.0 Å². The number of rotatable bonds is 7. The van der Waals surface area contributed by atoms with Gasteiger partial charge in [0.25, 0.3) is 5.91 Å². The van der Waals surface area contributed by atoms with Crippen LogP contribution in [-0.2, 0) is 16.4 Å². The number of sulfonamides is 1. The molecular formula is C13H21N3O3S. The van der Waals surface area contributed by atoms with Crippen LogP contribution in [0.2, 0.25) is 0 Å². The molecule has 20 heavy (non-hydrogen) atoms. The Morgan fingerprint density at radius 3 is 2.65 bits per heavy atom. The summed E-state index contributed by atoms with van der Waals surface area (Å²) in [7, 11) is -0.359. The molecule has 0 bridgehead atoms. The van der Waals surface area contributed by atoms with Crippen molar-refractivity contribution >= 4 is 15.9 Å². The number of benzene rings is 1. The predicted molar refractivity (Wildman–Crippen MR) is 79.0 cm³/mol. The van der Waals surface area contributed by atoms with E-state index < -0.39 is 10.0 Å². The smallest absolute Gasteiger partial charge is 0.251 e. The van der Waals surface area contributed by atoms with Crippen molar-refractivity contribution in [2.24, 2.45) is 5.73 Å². The minimum atomic E-state index is -3.29. The fourth-order valence-corrected chi connectivity index (χ4v) is 2.34. The van der Waals surface area contributed by atoms with Crippen molar-refractivity contribution in [3.63, 3.8) is 0 Å². The molecule has 1 aromatic rings. The molecule has 0 saturated carbocycles. The van der Waals surface area contributed by atoms with Crippen LogP contribution in [0.25, 0.3) is 0 Å². The van der Waals surface area contributed by atoms with Gasteiger partial charge in [0.15, 0.2) is 0 Å². The quantitative estimate of drug-likeness (QED) is 0.730. The topological polar surface area (TPSA) is 92.5 Å². The molecule has 0 aliphatic heterocycles. The molecule has 0 saturated heterocycles. The van der Waals surface area contributed by atoms with E-state index in [2.05, 4.69) is 5.32 Å². The largest absolute Gasteiger partial charge is 0.351 e. The average Bonchev–Trinajstić information content (AvgIpc) is 2.39. The number of carbonyl (C=O) groups is 1. The van der Waals surface area contributed by atoms with Crippen molar-refractivity contribution in [3.05, 3.63) is 35.4 Å². The van der Waals surface area contributed by atoms with Gasteiger partial charge < -0.3 is 11.1 Å². The number of nitrogens with one attached hydrogen (secondary N) is 1. The highest BCUT2D eigenvalue weighted by molar-refractivity contribution is 7.89. The van der Waals surface area contributed by atoms with Gasteiger partial charge in [-0.2, -0.15) is 0 Å². The van der Waals surface area contributed by atoms with Crippen molar-refractivity contribution in [3.8, 4) is 0 Å². The van der Waals surface area contributed by atoms with Crippen molar-refractivity contribution in [2.45, 2.75) is 6.42 Å². The monoisotopic (exact) mass is 299 g/mol. The lowest BCUT2D eigenvalue weighted by molar-refractivity contribution is 0.0956. The van der Waals surface area contributed by atoms with Crippen molar-refractivity contribution in [2.75, 3.05) is 32.9 Å². The maximum absolute atomic E-state index is 11.9. The minimum absolute atomic E-state index is 0.0838. The van der Waals surface area contributed by atoms with E-state index in [1.54, 1.807) is 18.2 Å². The SMILES string of the molecule is CN(C)S(=O)(=O)CCNC(=O)c1cccc(CCN)c1. The van der Waals surface area contributed by atoms with Gasteiger partial charge in [-0.3, -0.25) is 4.79 Å². The summed E-state index contributed by atoms with van der Waals surface area (Å²) in [6.45, 7) is 0.604. The predicted octanol–water partition coefficient (Wildman–Crippen LogP) is -0.191. The molecule has 0 unspecified atom stereocenters. The molecule has 3 N–H and O–H groups in total. The fraction of sp³-hybridized carbons (Fsp3) is 0.462. The van der Waals surface area contributed by atoms with Crippen LogP contribution >= 0.6 is 0 Å². The molecule has 0 spiro atoms. The summed E-state index contributed by atoms with van der Waals surface area (Å²) in [6.07, 6.45) is 0.704. The molecule has 0 aliphatic rings. The molecule has 1 rings (SSSR count). The fourth-order valence-electron chi connectivity index (χ4n) is 1.61. The zero-order chi connectivity index (χ0) is 15.2. The second kappa shape index (κ2) is 7.37. The molecule has 112 valence electrons. The van der Waals surface area contributed by atoms with Crippen molar-refractivity contribution < 1.29 is 13.2 Å². The number of nitrogens with two attached hydrogens (primary N) is 1. The molecular weight excluding hydrogens is 278 g/mol. The first-order valence-electron chi connectivity index (χ1n) is 6.34. The minimum Gasteiger partial charge on any atom is -0.351 e. The molecule has 0 fully saturated rings. The van der Waals surface area contributed by atoms with Crippen LogP contribution in [0.15, 0.2) is 24.3 Å². The number of hydrogen-bond donors (Lipinski definition) is 2. The first-order chi connectivity index (χ1) is 9.36. The Morgan fingerprint density at radius 2 is 2.05 bits per heavy atom. The summed E-state index contributed by atoms with van der Waals surface area (Å²) in [5, 5.41) is 2.60. The van der Waals surface area contributed by atoms with Crippen molar-refractivity contribution in [1.82, 2.24) is 9.62 Å². The Bertz CT molecular complexity index is 556. The lowest BCUT2D eigenvalue weighted by atomic mass is 10.1. The highest BCUT2D eigenvalue weighted by Crippen LogP contribution is 2.05. The van der Waals surface area contributed by atoms with E-state index in [0.717, 1.165) is 9.87 Å². The van der Waals surface area contributed by atoms with Crippen LogP contribution in [-0.4, -0.2) is 51.6 Å². The Morgan fingerprint density at radius 1 is 1.35 bits per heavy atom. The molecule has 0 aliphatic carbocycles. The highest BCUT2D eigenvalue weighted by atomic mass is 32.2. The zero-order valence-electron chi connectivity index (χ0n) is 11.8. The lowest BCUT2D eigenvalue weighted by Gasteiger charge is -2.11. The Labute approximate surface area is 120 Å². The van der Waals surface area contributed by atoms with Gasteiger partial charge in [-0.15, -0.1) is 0 Å². The standard InChI is InChI=1S/C13H21N3O3S/c1-16(2)20(18,19)9-8-15-13(17)12-5-3-4-11(10-12)6-7-14/h3-5,10H,6-9,14H2,1-2H3,(H,15,17). The molecule has 7 heteroatoms. The first kappa shape index (κ1) is 16.6. The van der Waals surface area contributed by atoms with Crippen LogP contribution < -0.4 is 11.1 Å². The maximum Gasteiger partial charge on any atom is 0.251 e. The van der Waals surface area contributed by atoms with Gasteiger partial charge >= 0.3 is 0 Å². The van der Waals surface area contributed by atoms with Gasteiger partial charge in [-0.05, 0) is 30.7 Å². The van der Waals surface area contributed by atoms with Crippen LogP contribution in [0.3, 0.4) is 0 Å². The molecule has 0 heterocycles. The zero-order valence-corrected chi connectivity index (χ0v) is 12.6. The van der Waals surface area contributed by atoms with Crippen LogP contribution in [0, 0.1) is 0 Å². The Hall–Kier alpha value is -1.44. The van der Waals surface area contributed by atoms with E-state index in [1.165, 1.54) is 14.1 Å². The number of amides is 1. The van der Waals surface area contributed by atoms with Crippen LogP contribution in [0.5, 0.6) is 0 Å². The second-order valence-electron chi connectivity index (χ2n) is 4.59. The van der Waals surface area contributed by atoms with Gasteiger partial charge in [-0.1, -0.05) is 12.1 Å². The van der Waals surface area contributed by atoms with E-state index in [1.807, 2.05) is 6.07 Å². The van der Waals surface area contributed by atoms with E-state index in [-0.39, 0.29) is 18.2 Å². The van der Waals surface area contributed by atoms with Crippen LogP contribution in [0.1, 0.15) is 15.9 Å². The van der Waals surface area contributed by atoms with E-state index in [4.69, 9.17) is 5.73 Å². The lowest BCUT2D eigenvalue weighted by Crippen LogP contribution is -2.33. The van der Waals surface area contributed by atoms with Gasteiger partial charge in [0, 0.05) is 26.2 Å². The summed E-state index contributed by atoms with van der Waals surface area (Å²) in [6, 6.07) is 7.15. The summed E-state index contributed by atoms with van der Waals surface area (Å²) in [5.41, 5.74) is 6.97. The number of nitrogens with zero attached hydrogens (tertiary/aromatic N) is 1. The summed E-state index contributed by atoms with van der Waals surface area (Å²) < 4.78 is 24.2. The molecule has 0 radical (unpaired) electrons. The average molecular weight is 299 g/mol. The Balaban J connectivity index is 2.57. The highest BCUT2D eigenvalue weighted by Gasteiger charge is 2.14. The van der Waals surface area contributed by atoms with Gasteiger partial charge in [0.1, 0.15) is 0 Å². The normalized spacial score (nSPS) is 11.6. The van der Waals surface area contributed by atoms with Crippen molar-refractivity contribution in [1.29, 1.82) is 0 Å². The third kappa shape index (κ3) is 4.92. The summed E-state index contributed by atoms with van der Waals surface area (Å²) in [4.78, 5) is 11.9. The van der Waals surface area contributed by atoms with Crippen LogP contribution in [0.4, 0.5) is 0 Å². The van der Waals surface area contributed by atoms with E-state index >= 15 is 0 Å². The molecule has 1 aromatic carbocycles. The third-order valence-electron chi connectivity index (χ3n) is 2.82. The number of carbonyl (C=O) groups excluding carboxylic acids is 1. The summed E-state index contributed by atoms with van der Waals surface area (Å²) >= 11 is 0. The van der Waals surface area contributed by atoms with Gasteiger partial charge in [0.05, 0.1) is 5.75 Å². The molecule has 0 aromatic heterocycles. The molecule has 1 amide bonds. The van der Waals surface area contributed by atoms with E-state index in [9.17, 15) is 13.2 Å². The summed E-state index contributed by atoms with van der Waals surface area (Å²) in [5.74, 6) is -0.397. The molecule has 6 nitrogen and oxygen atoms in total. The first-order valence-corrected chi connectivity index (χ1v) is 7.95.